The molecule has 30 heavy (non-hydrogen) atoms. The van der Waals surface area contributed by atoms with Crippen LogP contribution in [0.4, 0.5) is 5.69 Å². The Balaban J connectivity index is 1.82. The molecule has 0 unspecified atom stereocenters. The summed E-state index contributed by atoms with van der Waals surface area (Å²) in [5.41, 5.74) is 2.84. The zero-order valence-electron chi connectivity index (χ0n) is 18.5. The van der Waals surface area contributed by atoms with Gasteiger partial charge in [0, 0.05) is 24.2 Å². The van der Waals surface area contributed by atoms with E-state index in [1.54, 1.807) is 33.3 Å². The van der Waals surface area contributed by atoms with Crippen LogP contribution in [0.1, 0.15) is 17.5 Å². The molecule has 7 nitrogen and oxygen atoms in total. The van der Waals surface area contributed by atoms with E-state index in [2.05, 4.69) is 5.32 Å². The Kier molecular flexibility index (Phi) is 9.28. The maximum Gasteiger partial charge on any atom is 0.214 e. The van der Waals surface area contributed by atoms with E-state index >= 15 is 0 Å². The van der Waals surface area contributed by atoms with Gasteiger partial charge < -0.3 is 29.2 Å². The molecule has 0 aromatic heterocycles. The molecule has 0 atom stereocenters. The SMILES string of the molecule is COc1ccc(CCNCCCN(C=O)c2cc(OC)c(C)c(OC)c2)cc1OC. The Hall–Kier alpha value is -2.93. The van der Waals surface area contributed by atoms with Gasteiger partial charge in [-0.3, -0.25) is 4.79 Å². The molecule has 0 bridgehead atoms. The van der Waals surface area contributed by atoms with Gasteiger partial charge in [0.25, 0.3) is 0 Å². The molecule has 2 aromatic rings. The molecule has 0 heterocycles. The number of carbonyl (C=O) groups excluding carboxylic acids is 1. The number of carbonyl (C=O) groups is 1. The summed E-state index contributed by atoms with van der Waals surface area (Å²) in [6.45, 7) is 4.16. The smallest absolute Gasteiger partial charge is 0.214 e. The van der Waals surface area contributed by atoms with Crippen LogP contribution in [0.3, 0.4) is 0 Å². The number of amides is 1. The van der Waals surface area contributed by atoms with Gasteiger partial charge in [-0.15, -0.1) is 0 Å². The molecule has 2 aromatic carbocycles. The number of benzene rings is 2. The molecular weight excluding hydrogens is 384 g/mol. The lowest BCUT2D eigenvalue weighted by molar-refractivity contribution is -0.107. The number of hydrogen-bond acceptors (Lipinski definition) is 6. The highest BCUT2D eigenvalue weighted by molar-refractivity contribution is 5.77. The fraction of sp³-hybridized carbons (Fsp3) is 0.435. The van der Waals surface area contributed by atoms with Gasteiger partial charge in [0.05, 0.1) is 34.1 Å². The normalized spacial score (nSPS) is 10.4. The van der Waals surface area contributed by atoms with E-state index in [0.29, 0.717) is 18.0 Å². The van der Waals surface area contributed by atoms with Gasteiger partial charge in [-0.05, 0) is 50.6 Å². The number of nitrogens with one attached hydrogen (secondary N) is 1. The summed E-state index contributed by atoms with van der Waals surface area (Å²) in [4.78, 5) is 13.3. The first-order chi connectivity index (χ1) is 14.6. The third-order valence-corrected chi connectivity index (χ3v) is 4.99. The summed E-state index contributed by atoms with van der Waals surface area (Å²) >= 11 is 0. The molecular formula is C23H32N2O5. The topological polar surface area (TPSA) is 69.3 Å². The van der Waals surface area contributed by atoms with Gasteiger partial charge >= 0.3 is 0 Å². The van der Waals surface area contributed by atoms with Crippen molar-refractivity contribution >= 4 is 12.1 Å². The molecule has 0 saturated carbocycles. The number of rotatable bonds is 13. The van der Waals surface area contributed by atoms with Crippen LogP contribution < -0.4 is 29.2 Å². The highest BCUT2D eigenvalue weighted by Gasteiger charge is 2.13. The first-order valence-corrected chi connectivity index (χ1v) is 9.94. The van der Waals surface area contributed by atoms with Crippen molar-refractivity contribution < 1.29 is 23.7 Å². The minimum absolute atomic E-state index is 0.599. The average molecular weight is 417 g/mol. The molecule has 1 amide bonds. The maximum absolute atomic E-state index is 11.6. The van der Waals surface area contributed by atoms with Crippen molar-refractivity contribution in [1.82, 2.24) is 5.32 Å². The second kappa shape index (κ2) is 11.9. The minimum atomic E-state index is 0.599. The molecule has 0 saturated heterocycles. The number of anilines is 1. The largest absolute Gasteiger partial charge is 0.496 e. The van der Waals surface area contributed by atoms with Crippen LogP contribution in [0.15, 0.2) is 30.3 Å². The Morgan fingerprint density at radius 2 is 1.50 bits per heavy atom. The average Bonchev–Trinajstić information content (AvgIpc) is 2.78. The van der Waals surface area contributed by atoms with Crippen molar-refractivity contribution in [3.63, 3.8) is 0 Å². The van der Waals surface area contributed by atoms with Crippen molar-refractivity contribution in [3.8, 4) is 23.0 Å². The molecule has 164 valence electrons. The standard InChI is InChI=1S/C23H32N2O5/c1-17-21(28-3)14-19(15-22(17)29-4)25(16-26)12-6-10-24-11-9-18-7-8-20(27-2)23(13-18)30-5/h7-8,13-16,24H,6,9-12H2,1-5H3. The van der Waals surface area contributed by atoms with E-state index in [1.165, 1.54) is 5.56 Å². The lowest BCUT2D eigenvalue weighted by Crippen LogP contribution is -2.27. The van der Waals surface area contributed by atoms with E-state index in [9.17, 15) is 4.79 Å². The number of hydrogen-bond donors (Lipinski definition) is 1. The minimum Gasteiger partial charge on any atom is -0.496 e. The number of ether oxygens (including phenoxy) is 4. The number of nitrogens with zero attached hydrogens (tertiary/aromatic N) is 1. The maximum atomic E-state index is 11.6. The molecule has 0 aliphatic heterocycles. The van der Waals surface area contributed by atoms with Crippen molar-refractivity contribution in [2.45, 2.75) is 19.8 Å². The van der Waals surface area contributed by atoms with E-state index in [4.69, 9.17) is 18.9 Å². The molecule has 0 aliphatic rings. The fourth-order valence-corrected chi connectivity index (χ4v) is 3.25. The van der Waals surface area contributed by atoms with Crippen LogP contribution in [-0.4, -0.2) is 54.5 Å². The lowest BCUT2D eigenvalue weighted by atomic mass is 10.1. The summed E-state index contributed by atoms with van der Waals surface area (Å²) < 4.78 is 21.4. The van der Waals surface area contributed by atoms with Crippen LogP contribution in [0.25, 0.3) is 0 Å². The van der Waals surface area contributed by atoms with Crippen LogP contribution in [0.5, 0.6) is 23.0 Å². The fourth-order valence-electron chi connectivity index (χ4n) is 3.25. The van der Waals surface area contributed by atoms with Gasteiger partial charge in [0.15, 0.2) is 11.5 Å². The quantitative estimate of drug-likeness (QED) is 0.399. The first-order valence-electron chi connectivity index (χ1n) is 9.94. The molecule has 2 rings (SSSR count). The Morgan fingerprint density at radius 3 is 2.07 bits per heavy atom. The van der Waals surface area contributed by atoms with Crippen LogP contribution >= 0.6 is 0 Å². The highest BCUT2D eigenvalue weighted by Crippen LogP contribution is 2.33. The van der Waals surface area contributed by atoms with Gasteiger partial charge in [-0.1, -0.05) is 6.07 Å². The Bertz CT molecular complexity index is 800. The van der Waals surface area contributed by atoms with Crippen LogP contribution in [0.2, 0.25) is 0 Å². The summed E-state index contributed by atoms with van der Waals surface area (Å²) in [5, 5.41) is 3.42. The molecule has 7 heteroatoms. The summed E-state index contributed by atoms with van der Waals surface area (Å²) in [6.07, 6.45) is 2.54. The van der Waals surface area contributed by atoms with Crippen molar-refractivity contribution in [3.05, 3.63) is 41.5 Å². The van der Waals surface area contributed by atoms with Crippen LogP contribution in [0, 0.1) is 6.92 Å². The summed E-state index contributed by atoms with van der Waals surface area (Å²) in [5.74, 6) is 2.86. The molecule has 0 fully saturated rings. The van der Waals surface area contributed by atoms with Crippen molar-refractivity contribution in [1.29, 1.82) is 0 Å². The molecule has 0 radical (unpaired) electrons. The van der Waals surface area contributed by atoms with E-state index < -0.39 is 0 Å². The van der Waals surface area contributed by atoms with Crippen molar-refractivity contribution in [2.75, 3.05) is 53.0 Å². The predicted molar refractivity (Wildman–Crippen MR) is 118 cm³/mol. The Labute approximate surface area is 178 Å². The Morgan fingerprint density at radius 1 is 0.867 bits per heavy atom. The zero-order valence-corrected chi connectivity index (χ0v) is 18.5. The molecule has 1 N–H and O–H groups in total. The third kappa shape index (κ3) is 6.03. The highest BCUT2D eigenvalue weighted by atomic mass is 16.5. The first kappa shape index (κ1) is 23.3. The second-order valence-corrected chi connectivity index (χ2v) is 6.82. The van der Waals surface area contributed by atoms with Gasteiger partial charge in [0.1, 0.15) is 11.5 Å². The van der Waals surface area contributed by atoms with E-state index in [-0.39, 0.29) is 0 Å². The van der Waals surface area contributed by atoms with Crippen LogP contribution in [-0.2, 0) is 11.2 Å². The monoisotopic (exact) mass is 416 g/mol. The third-order valence-electron chi connectivity index (χ3n) is 4.99. The van der Waals surface area contributed by atoms with E-state index in [1.807, 2.05) is 37.3 Å². The lowest BCUT2D eigenvalue weighted by Gasteiger charge is -2.20. The summed E-state index contributed by atoms with van der Waals surface area (Å²) in [6, 6.07) is 9.66. The van der Waals surface area contributed by atoms with Gasteiger partial charge in [0.2, 0.25) is 6.41 Å². The second-order valence-electron chi connectivity index (χ2n) is 6.82. The van der Waals surface area contributed by atoms with Crippen molar-refractivity contribution in [2.24, 2.45) is 0 Å². The van der Waals surface area contributed by atoms with Gasteiger partial charge in [-0.2, -0.15) is 0 Å². The van der Waals surface area contributed by atoms with E-state index in [0.717, 1.165) is 55.1 Å². The zero-order chi connectivity index (χ0) is 21.9. The summed E-state index contributed by atoms with van der Waals surface area (Å²) in [7, 11) is 6.49. The molecule has 0 aliphatic carbocycles. The number of methoxy groups -OCH3 is 4. The predicted octanol–water partition coefficient (Wildman–Crippen LogP) is 3.21. The molecule has 0 spiro atoms. The van der Waals surface area contributed by atoms with Gasteiger partial charge in [-0.25, -0.2) is 0 Å².